The first-order valence-corrected chi connectivity index (χ1v) is 14.2. The van der Waals surface area contributed by atoms with Gasteiger partial charge in [0.15, 0.2) is 0 Å². The van der Waals surface area contributed by atoms with Gasteiger partial charge in [-0.3, -0.25) is 9.59 Å². The fraction of sp³-hybridized carbons (Fsp3) is 0.382. The zero-order valence-electron chi connectivity index (χ0n) is 25.3. The van der Waals surface area contributed by atoms with Crippen LogP contribution >= 0.6 is 0 Å². The zero-order chi connectivity index (χ0) is 30.6. The van der Waals surface area contributed by atoms with Crippen LogP contribution in [0.3, 0.4) is 0 Å². The lowest BCUT2D eigenvalue weighted by molar-refractivity contribution is -0.151. The normalized spacial score (nSPS) is 16.2. The van der Waals surface area contributed by atoms with Gasteiger partial charge in [0.25, 0.3) is 0 Å². The van der Waals surface area contributed by atoms with Gasteiger partial charge in [-0.05, 0) is 58.9 Å². The highest BCUT2D eigenvalue weighted by atomic mass is 16.5. The Morgan fingerprint density at radius 2 is 1.64 bits per heavy atom. The van der Waals surface area contributed by atoms with E-state index in [1.807, 2.05) is 88.4 Å². The molecule has 0 aliphatic carbocycles. The highest BCUT2D eigenvalue weighted by Gasteiger charge is 2.42. The van der Waals surface area contributed by atoms with Crippen molar-refractivity contribution < 1.29 is 23.9 Å². The molecule has 0 bridgehead atoms. The van der Waals surface area contributed by atoms with E-state index in [2.05, 4.69) is 0 Å². The number of amides is 2. The van der Waals surface area contributed by atoms with Crippen LogP contribution in [-0.2, 0) is 33.8 Å². The third-order valence-electron chi connectivity index (χ3n) is 8.07. The number of hydrogen-bond acceptors (Lipinski definition) is 6. The average molecular weight is 572 g/mol. The monoisotopic (exact) mass is 571 g/mol. The molecule has 8 nitrogen and oxygen atoms in total. The molecule has 0 saturated heterocycles. The van der Waals surface area contributed by atoms with Crippen LogP contribution in [0.1, 0.15) is 66.3 Å². The SMILES string of the molecule is COC(=O)c1ccc(CN(C(=O)C2Cc3ccccc3CN2C(=O)C(N)C(C)(C)C)[C@H](C)c2cccc(OC)c2)cc1. The van der Waals surface area contributed by atoms with E-state index in [0.29, 0.717) is 24.3 Å². The van der Waals surface area contributed by atoms with Gasteiger partial charge >= 0.3 is 5.97 Å². The molecule has 1 aliphatic rings. The highest BCUT2D eigenvalue weighted by molar-refractivity contribution is 5.91. The maximum atomic E-state index is 14.7. The molecule has 2 N–H and O–H groups in total. The second-order valence-electron chi connectivity index (χ2n) is 11.9. The highest BCUT2D eigenvalue weighted by Crippen LogP contribution is 2.32. The van der Waals surface area contributed by atoms with Crippen LogP contribution in [0.4, 0.5) is 0 Å². The van der Waals surface area contributed by atoms with Crippen molar-refractivity contribution >= 4 is 17.8 Å². The van der Waals surface area contributed by atoms with E-state index in [4.69, 9.17) is 15.2 Å². The van der Waals surface area contributed by atoms with Gasteiger partial charge in [-0.1, -0.05) is 69.3 Å². The van der Waals surface area contributed by atoms with E-state index in [1.165, 1.54) is 7.11 Å². The summed E-state index contributed by atoms with van der Waals surface area (Å²) in [5, 5.41) is 0. The smallest absolute Gasteiger partial charge is 0.337 e. The molecule has 0 spiro atoms. The molecule has 222 valence electrons. The van der Waals surface area contributed by atoms with E-state index in [-0.39, 0.29) is 24.4 Å². The molecule has 3 aromatic carbocycles. The quantitative estimate of drug-likeness (QED) is 0.386. The summed E-state index contributed by atoms with van der Waals surface area (Å²) in [7, 11) is 2.95. The Labute approximate surface area is 248 Å². The van der Waals surface area contributed by atoms with Crippen LogP contribution in [0.2, 0.25) is 0 Å². The van der Waals surface area contributed by atoms with E-state index in [9.17, 15) is 14.4 Å². The summed E-state index contributed by atoms with van der Waals surface area (Å²) >= 11 is 0. The number of benzene rings is 3. The largest absolute Gasteiger partial charge is 0.497 e. The van der Waals surface area contributed by atoms with Crippen molar-refractivity contribution in [2.45, 2.75) is 65.3 Å². The number of esters is 1. The lowest BCUT2D eigenvalue weighted by Gasteiger charge is -2.42. The van der Waals surface area contributed by atoms with Crippen molar-refractivity contribution in [2.24, 2.45) is 11.1 Å². The van der Waals surface area contributed by atoms with Gasteiger partial charge in [-0.2, -0.15) is 0 Å². The molecule has 2 amide bonds. The lowest BCUT2D eigenvalue weighted by Crippen LogP contribution is -2.59. The van der Waals surface area contributed by atoms with Crippen LogP contribution in [0.25, 0.3) is 0 Å². The summed E-state index contributed by atoms with van der Waals surface area (Å²) in [6, 6.07) is 20.7. The summed E-state index contributed by atoms with van der Waals surface area (Å²) in [4.78, 5) is 44.0. The first-order chi connectivity index (χ1) is 19.9. The summed E-state index contributed by atoms with van der Waals surface area (Å²) in [5.41, 5.74) is 10.2. The number of ether oxygens (including phenoxy) is 2. The van der Waals surface area contributed by atoms with Crippen LogP contribution in [0.5, 0.6) is 5.75 Å². The maximum absolute atomic E-state index is 14.7. The van der Waals surface area contributed by atoms with E-state index >= 15 is 0 Å². The van der Waals surface area contributed by atoms with Crippen molar-refractivity contribution in [1.82, 2.24) is 9.80 Å². The van der Waals surface area contributed by atoms with Crippen molar-refractivity contribution in [2.75, 3.05) is 14.2 Å². The first-order valence-electron chi connectivity index (χ1n) is 14.2. The van der Waals surface area contributed by atoms with Crippen molar-refractivity contribution in [3.05, 3.63) is 101 Å². The predicted octanol–water partition coefficient (Wildman–Crippen LogP) is 4.90. The van der Waals surface area contributed by atoms with E-state index < -0.39 is 23.5 Å². The molecule has 3 aromatic rings. The van der Waals surface area contributed by atoms with Crippen LogP contribution in [0.15, 0.2) is 72.8 Å². The molecular weight excluding hydrogens is 530 g/mol. The first kappa shape index (κ1) is 30.8. The molecular formula is C34H41N3O5. The minimum absolute atomic E-state index is 0.175. The number of methoxy groups -OCH3 is 2. The molecule has 1 aliphatic heterocycles. The minimum atomic E-state index is -0.770. The Morgan fingerprint density at radius 1 is 0.976 bits per heavy atom. The fourth-order valence-electron chi connectivity index (χ4n) is 5.26. The molecule has 4 rings (SSSR count). The number of hydrogen-bond donors (Lipinski definition) is 1. The Hall–Kier alpha value is -4.17. The molecule has 0 radical (unpaired) electrons. The fourth-order valence-corrected chi connectivity index (χ4v) is 5.26. The zero-order valence-corrected chi connectivity index (χ0v) is 25.3. The van der Waals surface area contributed by atoms with Crippen molar-refractivity contribution in [3.8, 4) is 5.75 Å². The third kappa shape index (κ3) is 6.65. The number of fused-ring (bicyclic) bond motifs is 1. The van der Waals surface area contributed by atoms with Crippen molar-refractivity contribution in [1.29, 1.82) is 0 Å². The number of carbonyl (C=O) groups is 3. The second kappa shape index (κ2) is 12.8. The Bertz CT molecular complexity index is 1430. The number of rotatable bonds is 8. The average Bonchev–Trinajstić information content (AvgIpc) is 3.01. The Balaban J connectivity index is 1.75. The van der Waals surface area contributed by atoms with Gasteiger partial charge < -0.3 is 25.0 Å². The standard InChI is InChI=1S/C34H41N3O5/c1-22(25-12-9-13-28(18-25)41-5)36(20-23-14-16-24(17-15-23)33(40)42-6)31(38)29-19-26-10-7-8-11-27(26)21-37(29)32(39)30(35)34(2,3)4/h7-18,22,29-30H,19-21,35H2,1-6H3/t22-,29?,30?/m1/s1. The lowest BCUT2D eigenvalue weighted by atomic mass is 9.85. The second-order valence-corrected chi connectivity index (χ2v) is 11.9. The maximum Gasteiger partial charge on any atom is 0.337 e. The van der Waals surface area contributed by atoms with Gasteiger partial charge in [0.1, 0.15) is 11.8 Å². The molecule has 3 atom stereocenters. The van der Waals surface area contributed by atoms with Gasteiger partial charge in [-0.15, -0.1) is 0 Å². The molecule has 0 aromatic heterocycles. The molecule has 1 heterocycles. The van der Waals surface area contributed by atoms with E-state index in [1.54, 1.807) is 29.0 Å². The van der Waals surface area contributed by atoms with E-state index in [0.717, 1.165) is 22.3 Å². The third-order valence-corrected chi connectivity index (χ3v) is 8.07. The predicted molar refractivity (Wildman–Crippen MR) is 162 cm³/mol. The summed E-state index contributed by atoms with van der Waals surface area (Å²) in [6.45, 7) is 8.34. The van der Waals surface area contributed by atoms with Gasteiger partial charge in [0.05, 0.1) is 31.9 Å². The minimum Gasteiger partial charge on any atom is -0.497 e. The summed E-state index contributed by atoms with van der Waals surface area (Å²) in [5.74, 6) is -0.156. The Kier molecular flexibility index (Phi) is 9.36. The topological polar surface area (TPSA) is 102 Å². The van der Waals surface area contributed by atoms with Gasteiger partial charge in [0, 0.05) is 19.5 Å². The molecule has 0 fully saturated rings. The summed E-state index contributed by atoms with van der Waals surface area (Å²) in [6.07, 6.45) is 0.389. The molecule has 2 unspecified atom stereocenters. The number of nitrogens with zero attached hydrogens (tertiary/aromatic N) is 2. The van der Waals surface area contributed by atoms with Crippen LogP contribution in [0, 0.1) is 5.41 Å². The van der Waals surface area contributed by atoms with Crippen molar-refractivity contribution in [3.63, 3.8) is 0 Å². The summed E-state index contributed by atoms with van der Waals surface area (Å²) < 4.78 is 10.3. The molecule has 0 saturated carbocycles. The Morgan fingerprint density at radius 3 is 2.26 bits per heavy atom. The van der Waals surface area contributed by atoms with Crippen LogP contribution < -0.4 is 10.5 Å². The van der Waals surface area contributed by atoms with Gasteiger partial charge in [0.2, 0.25) is 11.8 Å². The van der Waals surface area contributed by atoms with Gasteiger partial charge in [-0.25, -0.2) is 4.79 Å². The van der Waals surface area contributed by atoms with Crippen LogP contribution in [-0.4, -0.2) is 53.9 Å². The molecule has 8 heteroatoms. The molecule has 42 heavy (non-hydrogen) atoms. The number of carbonyl (C=O) groups excluding carboxylic acids is 3. The number of nitrogens with two attached hydrogens (primary N) is 1.